The number of phosphoric acid groups is 2. The van der Waals surface area contributed by atoms with Crippen LogP contribution in [0.25, 0.3) is 0 Å². The average Bonchev–Trinajstić information content (AvgIpc) is 3.61. The molecule has 0 heterocycles. The highest BCUT2D eigenvalue weighted by Gasteiger charge is 2.30. The van der Waals surface area contributed by atoms with Gasteiger partial charge in [0.25, 0.3) is 0 Å². The van der Waals surface area contributed by atoms with Crippen LogP contribution in [0, 0.1) is 5.92 Å². The first-order valence-electron chi connectivity index (χ1n) is 34.6. The van der Waals surface area contributed by atoms with Crippen molar-refractivity contribution in [3.05, 3.63) is 0 Å². The van der Waals surface area contributed by atoms with Gasteiger partial charge in [-0.3, -0.25) is 37.3 Å². The first kappa shape index (κ1) is 83.1. The van der Waals surface area contributed by atoms with Crippen molar-refractivity contribution in [3.63, 3.8) is 0 Å². The van der Waals surface area contributed by atoms with Gasteiger partial charge in [0.05, 0.1) is 26.4 Å². The lowest BCUT2D eigenvalue weighted by Gasteiger charge is -2.21. The molecule has 0 aromatic heterocycles. The summed E-state index contributed by atoms with van der Waals surface area (Å²) in [6.07, 6.45) is 45.0. The number of carbonyl (C=O) groups excluding carboxylic acids is 4. The molecule has 0 saturated heterocycles. The normalized spacial score (nSPS) is 14.2. The van der Waals surface area contributed by atoms with Crippen molar-refractivity contribution in [2.45, 2.75) is 355 Å². The Morgan fingerprint density at radius 3 is 0.800 bits per heavy atom. The summed E-state index contributed by atoms with van der Waals surface area (Å²) in [7, 11) is -9.88. The molecule has 0 saturated carbocycles. The maximum Gasteiger partial charge on any atom is 0.472 e. The zero-order chi connectivity index (χ0) is 62.8. The van der Waals surface area contributed by atoms with Gasteiger partial charge < -0.3 is 33.8 Å². The van der Waals surface area contributed by atoms with Crippen LogP contribution in [0.1, 0.15) is 336 Å². The molecule has 5 atom stereocenters. The van der Waals surface area contributed by atoms with Crippen molar-refractivity contribution in [1.29, 1.82) is 0 Å². The van der Waals surface area contributed by atoms with E-state index in [9.17, 15) is 43.2 Å². The number of aliphatic hydroxyl groups is 1. The third kappa shape index (κ3) is 60.7. The highest BCUT2D eigenvalue weighted by atomic mass is 31.2. The van der Waals surface area contributed by atoms with Gasteiger partial charge in [-0.1, -0.05) is 285 Å². The van der Waals surface area contributed by atoms with Gasteiger partial charge in [0, 0.05) is 25.7 Å². The molecule has 0 aliphatic rings. The van der Waals surface area contributed by atoms with Crippen LogP contribution in [0.2, 0.25) is 0 Å². The molecule has 3 N–H and O–H groups in total. The second-order valence-corrected chi connectivity index (χ2v) is 27.2. The topological polar surface area (TPSA) is 237 Å². The van der Waals surface area contributed by atoms with Crippen LogP contribution in [-0.4, -0.2) is 96.7 Å². The Labute approximate surface area is 517 Å². The summed E-state index contributed by atoms with van der Waals surface area (Å²) >= 11 is 0. The van der Waals surface area contributed by atoms with Crippen LogP contribution in [0.4, 0.5) is 0 Å². The van der Waals surface area contributed by atoms with E-state index >= 15 is 0 Å². The van der Waals surface area contributed by atoms with Crippen LogP contribution < -0.4 is 0 Å². The molecular weight excluding hydrogens is 1130 g/mol. The fourth-order valence-corrected chi connectivity index (χ4v) is 11.5. The van der Waals surface area contributed by atoms with Crippen LogP contribution >= 0.6 is 15.6 Å². The van der Waals surface area contributed by atoms with E-state index in [0.717, 1.165) is 96.3 Å². The van der Waals surface area contributed by atoms with E-state index < -0.39 is 97.5 Å². The monoisotopic (exact) mass is 1250 g/mol. The van der Waals surface area contributed by atoms with Crippen molar-refractivity contribution >= 4 is 39.5 Å². The number of hydrogen-bond donors (Lipinski definition) is 3. The summed E-state index contributed by atoms with van der Waals surface area (Å²) in [4.78, 5) is 72.0. The zero-order valence-corrected chi connectivity index (χ0v) is 56.5. The molecule has 19 heteroatoms. The number of ether oxygens (including phenoxy) is 4. The van der Waals surface area contributed by atoms with Crippen LogP contribution in [-0.2, 0) is 65.4 Å². The van der Waals surface area contributed by atoms with Crippen LogP contribution in [0.15, 0.2) is 0 Å². The van der Waals surface area contributed by atoms with Crippen molar-refractivity contribution in [2.75, 3.05) is 39.6 Å². The minimum atomic E-state index is -4.95. The molecule has 0 amide bonds. The van der Waals surface area contributed by atoms with Gasteiger partial charge in [0.2, 0.25) is 0 Å². The molecule has 0 rings (SSSR count). The van der Waals surface area contributed by atoms with Gasteiger partial charge in [0.1, 0.15) is 19.3 Å². The Balaban J connectivity index is 5.15. The van der Waals surface area contributed by atoms with Crippen molar-refractivity contribution in [3.8, 4) is 0 Å². The Hall–Kier alpha value is -1.94. The summed E-state index contributed by atoms with van der Waals surface area (Å²) in [6.45, 7) is 7.04. The maximum atomic E-state index is 13.0. The molecule has 0 aromatic carbocycles. The molecule has 504 valence electrons. The number of esters is 4. The predicted octanol–water partition coefficient (Wildman–Crippen LogP) is 18.6. The Morgan fingerprint density at radius 1 is 0.318 bits per heavy atom. The zero-order valence-electron chi connectivity index (χ0n) is 54.7. The van der Waals surface area contributed by atoms with Crippen LogP contribution in [0.5, 0.6) is 0 Å². The predicted molar refractivity (Wildman–Crippen MR) is 340 cm³/mol. The molecule has 0 radical (unpaired) electrons. The van der Waals surface area contributed by atoms with E-state index in [2.05, 4.69) is 34.6 Å². The molecule has 0 fully saturated rings. The summed E-state index contributed by atoms with van der Waals surface area (Å²) in [5.74, 6) is -1.47. The lowest BCUT2D eigenvalue weighted by Crippen LogP contribution is -2.30. The van der Waals surface area contributed by atoms with Crippen LogP contribution in [0.3, 0.4) is 0 Å². The molecular formula is C66H128O17P2. The maximum absolute atomic E-state index is 13.0. The molecule has 0 bridgehead atoms. The average molecular weight is 1260 g/mol. The standard InChI is InChI=1S/C66H128O17P2/c1-6-9-12-15-17-19-21-23-25-27-29-31-33-35-41-46-51-65(70)82-62(56-77-64(69)50-45-40-34-32-30-28-26-24-22-20-18-16-13-10-7-2)58-81-85(74,75)79-54-60(67)53-78-84(72,73)80-57-61(55-76-63(68)49-44-38-14-11-8-3)83-66(71)52-47-42-37-36-39-43-48-59(4)5/h59-62,67H,6-58H2,1-5H3,(H,72,73)(H,74,75)/t60-,61+,62+/m0/s1. The summed E-state index contributed by atoms with van der Waals surface area (Å²) in [5, 5.41) is 10.5. The number of rotatable bonds is 66. The lowest BCUT2D eigenvalue weighted by molar-refractivity contribution is -0.161. The number of aliphatic hydroxyl groups excluding tert-OH is 1. The van der Waals surface area contributed by atoms with Crippen molar-refractivity contribution in [1.82, 2.24) is 0 Å². The molecule has 2 unspecified atom stereocenters. The molecule has 0 spiro atoms. The Kier molecular flexibility index (Phi) is 58.3. The van der Waals surface area contributed by atoms with Crippen molar-refractivity contribution < 1.29 is 80.2 Å². The highest BCUT2D eigenvalue weighted by Crippen LogP contribution is 2.45. The van der Waals surface area contributed by atoms with Gasteiger partial charge in [-0.15, -0.1) is 0 Å². The fraction of sp³-hybridized carbons (Fsp3) is 0.939. The van der Waals surface area contributed by atoms with E-state index in [4.69, 9.17) is 37.0 Å². The van der Waals surface area contributed by atoms with Gasteiger partial charge in [-0.2, -0.15) is 0 Å². The number of carbonyl (C=O) groups is 4. The number of unbranched alkanes of at least 4 members (excludes halogenated alkanes) is 38. The Bertz CT molecular complexity index is 1650. The van der Waals surface area contributed by atoms with E-state index in [0.29, 0.717) is 31.6 Å². The van der Waals surface area contributed by atoms with Gasteiger partial charge in [-0.25, -0.2) is 9.13 Å². The molecule has 0 aliphatic heterocycles. The second-order valence-electron chi connectivity index (χ2n) is 24.3. The minimum Gasteiger partial charge on any atom is -0.462 e. The third-order valence-electron chi connectivity index (χ3n) is 15.3. The van der Waals surface area contributed by atoms with Crippen molar-refractivity contribution in [2.24, 2.45) is 5.92 Å². The molecule has 17 nitrogen and oxygen atoms in total. The lowest BCUT2D eigenvalue weighted by atomic mass is 10.0. The number of phosphoric ester groups is 2. The first-order chi connectivity index (χ1) is 41.0. The summed E-state index contributed by atoms with van der Waals surface area (Å²) in [6, 6.07) is 0. The minimum absolute atomic E-state index is 0.101. The number of hydrogen-bond acceptors (Lipinski definition) is 15. The first-order valence-corrected chi connectivity index (χ1v) is 37.6. The Morgan fingerprint density at radius 2 is 0.541 bits per heavy atom. The SMILES string of the molecule is CCCCCCCCCCCCCCCCCCC(=O)O[C@H](COC(=O)CCCCCCCCCCCCCCCCC)COP(=O)(O)OC[C@@H](O)COP(=O)(O)OC[C@@H](COC(=O)CCCCCCC)OC(=O)CCCCCCCCC(C)C. The summed E-state index contributed by atoms with van der Waals surface area (Å²) < 4.78 is 67.9. The molecule has 85 heavy (non-hydrogen) atoms. The quantitative estimate of drug-likeness (QED) is 0.0222. The highest BCUT2D eigenvalue weighted by molar-refractivity contribution is 7.47. The van der Waals surface area contributed by atoms with E-state index in [1.54, 1.807) is 0 Å². The smallest absolute Gasteiger partial charge is 0.462 e. The molecule has 0 aliphatic carbocycles. The van der Waals surface area contributed by atoms with E-state index in [1.165, 1.54) is 154 Å². The third-order valence-corrected chi connectivity index (χ3v) is 17.2. The van der Waals surface area contributed by atoms with Gasteiger partial charge >= 0.3 is 39.5 Å². The van der Waals surface area contributed by atoms with E-state index in [1.807, 2.05) is 0 Å². The second kappa shape index (κ2) is 59.7. The van der Waals surface area contributed by atoms with E-state index in [-0.39, 0.29) is 25.7 Å². The fourth-order valence-electron chi connectivity index (χ4n) is 9.94. The van der Waals surface area contributed by atoms with Gasteiger partial charge in [-0.05, 0) is 31.6 Å². The molecule has 0 aromatic rings. The van der Waals surface area contributed by atoms with Gasteiger partial charge in [0.15, 0.2) is 12.2 Å². The largest absolute Gasteiger partial charge is 0.472 e. The summed E-state index contributed by atoms with van der Waals surface area (Å²) in [5.41, 5.74) is 0.